The summed E-state index contributed by atoms with van der Waals surface area (Å²) in [4.78, 5) is 38.5. The summed E-state index contributed by atoms with van der Waals surface area (Å²) in [6, 6.07) is 13.7. The molecule has 1 fully saturated rings. The molecular formula is C22H26N4O3. The van der Waals surface area contributed by atoms with E-state index >= 15 is 0 Å². The fourth-order valence-electron chi connectivity index (χ4n) is 3.19. The number of benzene rings is 2. The quantitative estimate of drug-likeness (QED) is 0.716. The zero-order chi connectivity index (χ0) is 20.8. The number of rotatable bonds is 5. The topological polar surface area (TPSA) is 90.5 Å². The Labute approximate surface area is 170 Å². The van der Waals surface area contributed by atoms with Gasteiger partial charge in [-0.1, -0.05) is 12.1 Å². The minimum atomic E-state index is -0.336. The zero-order valence-electron chi connectivity index (χ0n) is 16.7. The minimum Gasteiger partial charge on any atom is -0.336 e. The Morgan fingerprint density at radius 3 is 2.21 bits per heavy atom. The molecule has 0 atom stereocenters. The average molecular weight is 394 g/mol. The Hall–Kier alpha value is -3.35. The first-order valence-electron chi connectivity index (χ1n) is 9.82. The number of piperidine rings is 1. The largest absolute Gasteiger partial charge is 0.336 e. The van der Waals surface area contributed by atoms with Crippen molar-refractivity contribution in [2.24, 2.45) is 0 Å². The Bertz CT molecular complexity index is 893. The van der Waals surface area contributed by atoms with Gasteiger partial charge in [-0.15, -0.1) is 0 Å². The van der Waals surface area contributed by atoms with Gasteiger partial charge in [-0.3, -0.25) is 9.59 Å². The van der Waals surface area contributed by atoms with E-state index < -0.39 is 0 Å². The van der Waals surface area contributed by atoms with E-state index in [1.165, 1.54) is 0 Å². The summed E-state index contributed by atoms with van der Waals surface area (Å²) in [6.45, 7) is 4.45. The molecule has 0 unspecified atom stereocenters. The number of urea groups is 1. The standard InChI is InChI=1S/C22H26N4O3/c1-15(2)23-22(29)25-19-8-4-3-7-18(19)24-21(28)16-10-12-17(13-11-16)26-14-6-5-9-20(26)27/h3-4,7-8,10-13,15H,5-6,9,14H2,1-2H3,(H,24,28)(H2,23,25,29). The molecule has 2 aromatic carbocycles. The normalized spacial score (nSPS) is 13.9. The van der Waals surface area contributed by atoms with Crippen LogP contribution in [0.4, 0.5) is 21.9 Å². The molecule has 3 rings (SSSR count). The molecule has 1 aliphatic heterocycles. The fourth-order valence-corrected chi connectivity index (χ4v) is 3.19. The van der Waals surface area contributed by atoms with E-state index in [4.69, 9.17) is 0 Å². The zero-order valence-corrected chi connectivity index (χ0v) is 16.7. The lowest BCUT2D eigenvalue weighted by atomic mass is 10.1. The van der Waals surface area contributed by atoms with Crippen molar-refractivity contribution in [2.75, 3.05) is 22.1 Å². The van der Waals surface area contributed by atoms with Gasteiger partial charge >= 0.3 is 6.03 Å². The van der Waals surface area contributed by atoms with Crippen molar-refractivity contribution in [1.82, 2.24) is 5.32 Å². The average Bonchev–Trinajstić information content (AvgIpc) is 2.69. The van der Waals surface area contributed by atoms with Gasteiger partial charge in [-0.25, -0.2) is 4.79 Å². The van der Waals surface area contributed by atoms with Crippen molar-refractivity contribution in [3.63, 3.8) is 0 Å². The lowest BCUT2D eigenvalue weighted by Gasteiger charge is -2.26. The molecule has 0 spiro atoms. The van der Waals surface area contributed by atoms with Crippen LogP contribution in [0.1, 0.15) is 43.5 Å². The molecular weight excluding hydrogens is 368 g/mol. The molecule has 2 aromatic rings. The monoisotopic (exact) mass is 394 g/mol. The first-order valence-corrected chi connectivity index (χ1v) is 9.82. The van der Waals surface area contributed by atoms with E-state index in [0.717, 1.165) is 18.5 Å². The van der Waals surface area contributed by atoms with Crippen molar-refractivity contribution in [3.05, 3.63) is 54.1 Å². The van der Waals surface area contributed by atoms with E-state index in [1.54, 1.807) is 53.4 Å². The van der Waals surface area contributed by atoms with Crippen LogP contribution in [0.15, 0.2) is 48.5 Å². The van der Waals surface area contributed by atoms with Gasteiger partial charge in [0.1, 0.15) is 0 Å². The van der Waals surface area contributed by atoms with Gasteiger partial charge in [0, 0.05) is 30.3 Å². The van der Waals surface area contributed by atoms with E-state index in [-0.39, 0.29) is 23.9 Å². The Morgan fingerprint density at radius 2 is 1.59 bits per heavy atom. The molecule has 1 heterocycles. The Morgan fingerprint density at radius 1 is 0.931 bits per heavy atom. The molecule has 152 valence electrons. The van der Waals surface area contributed by atoms with Gasteiger partial charge in [0.25, 0.3) is 5.91 Å². The molecule has 3 N–H and O–H groups in total. The summed E-state index contributed by atoms with van der Waals surface area (Å²) < 4.78 is 0. The number of hydrogen-bond acceptors (Lipinski definition) is 3. The number of carbonyl (C=O) groups is 3. The second-order valence-corrected chi connectivity index (χ2v) is 7.30. The van der Waals surface area contributed by atoms with Crippen molar-refractivity contribution < 1.29 is 14.4 Å². The number of anilines is 3. The maximum absolute atomic E-state index is 12.7. The number of hydrogen-bond donors (Lipinski definition) is 3. The van der Waals surface area contributed by atoms with Gasteiger partial charge in [0.05, 0.1) is 11.4 Å². The van der Waals surface area contributed by atoms with Gasteiger partial charge in [0.2, 0.25) is 5.91 Å². The molecule has 1 saturated heterocycles. The second kappa shape index (κ2) is 9.23. The molecule has 0 aromatic heterocycles. The molecule has 0 saturated carbocycles. The smallest absolute Gasteiger partial charge is 0.319 e. The highest BCUT2D eigenvalue weighted by molar-refractivity contribution is 6.07. The Kier molecular flexibility index (Phi) is 6.49. The highest BCUT2D eigenvalue weighted by Gasteiger charge is 2.20. The number of nitrogens with one attached hydrogen (secondary N) is 3. The summed E-state index contributed by atoms with van der Waals surface area (Å²) in [5, 5.41) is 8.33. The molecule has 7 nitrogen and oxygen atoms in total. The summed E-state index contributed by atoms with van der Waals surface area (Å²) in [5.74, 6) is -0.173. The van der Waals surface area contributed by atoms with E-state index in [9.17, 15) is 14.4 Å². The predicted molar refractivity (Wildman–Crippen MR) is 114 cm³/mol. The second-order valence-electron chi connectivity index (χ2n) is 7.30. The third-order valence-corrected chi connectivity index (χ3v) is 4.61. The van der Waals surface area contributed by atoms with Crippen LogP contribution in [0.3, 0.4) is 0 Å². The Balaban J connectivity index is 1.69. The number of nitrogens with zero attached hydrogens (tertiary/aromatic N) is 1. The van der Waals surface area contributed by atoms with Gasteiger partial charge in [-0.2, -0.15) is 0 Å². The number of carbonyl (C=O) groups excluding carboxylic acids is 3. The minimum absolute atomic E-state index is 0.00190. The molecule has 4 amide bonds. The van der Waals surface area contributed by atoms with E-state index in [2.05, 4.69) is 16.0 Å². The van der Waals surface area contributed by atoms with Crippen molar-refractivity contribution in [2.45, 2.75) is 39.2 Å². The lowest BCUT2D eigenvalue weighted by Crippen LogP contribution is -2.35. The van der Waals surface area contributed by atoms with Crippen LogP contribution in [0.25, 0.3) is 0 Å². The molecule has 1 aliphatic rings. The van der Waals surface area contributed by atoms with E-state index in [0.29, 0.717) is 29.9 Å². The summed E-state index contributed by atoms with van der Waals surface area (Å²) in [7, 11) is 0. The highest BCUT2D eigenvalue weighted by Crippen LogP contribution is 2.24. The van der Waals surface area contributed by atoms with Crippen LogP contribution in [0.5, 0.6) is 0 Å². The van der Waals surface area contributed by atoms with Crippen molar-refractivity contribution >= 4 is 34.9 Å². The molecule has 0 radical (unpaired) electrons. The first-order chi connectivity index (χ1) is 13.9. The van der Waals surface area contributed by atoms with Crippen LogP contribution in [-0.4, -0.2) is 30.4 Å². The van der Waals surface area contributed by atoms with Crippen LogP contribution >= 0.6 is 0 Å². The molecule has 0 bridgehead atoms. The summed E-state index contributed by atoms with van der Waals surface area (Å²) in [6.07, 6.45) is 2.48. The summed E-state index contributed by atoms with van der Waals surface area (Å²) >= 11 is 0. The summed E-state index contributed by atoms with van der Waals surface area (Å²) in [5.41, 5.74) is 2.29. The number of para-hydroxylation sites is 2. The van der Waals surface area contributed by atoms with Gasteiger partial charge in [0.15, 0.2) is 0 Å². The van der Waals surface area contributed by atoms with Crippen molar-refractivity contribution in [1.29, 1.82) is 0 Å². The highest BCUT2D eigenvalue weighted by atomic mass is 16.2. The molecule has 0 aliphatic carbocycles. The number of amides is 4. The molecule has 7 heteroatoms. The maximum Gasteiger partial charge on any atom is 0.319 e. The third kappa shape index (κ3) is 5.34. The van der Waals surface area contributed by atoms with Gasteiger partial charge < -0.3 is 20.9 Å². The SMILES string of the molecule is CC(C)NC(=O)Nc1ccccc1NC(=O)c1ccc(N2CCCCC2=O)cc1. The van der Waals surface area contributed by atoms with Crippen LogP contribution < -0.4 is 20.9 Å². The van der Waals surface area contributed by atoms with Gasteiger partial charge in [-0.05, 0) is 63.1 Å². The van der Waals surface area contributed by atoms with Crippen LogP contribution in [0.2, 0.25) is 0 Å². The maximum atomic E-state index is 12.7. The third-order valence-electron chi connectivity index (χ3n) is 4.61. The predicted octanol–water partition coefficient (Wildman–Crippen LogP) is 3.99. The van der Waals surface area contributed by atoms with Crippen LogP contribution in [0, 0.1) is 0 Å². The first kappa shape index (κ1) is 20.4. The lowest BCUT2D eigenvalue weighted by molar-refractivity contribution is -0.119. The van der Waals surface area contributed by atoms with Crippen LogP contribution in [-0.2, 0) is 4.79 Å². The van der Waals surface area contributed by atoms with Crippen molar-refractivity contribution in [3.8, 4) is 0 Å². The fraction of sp³-hybridized carbons (Fsp3) is 0.318. The molecule has 29 heavy (non-hydrogen) atoms. The van der Waals surface area contributed by atoms with E-state index in [1.807, 2.05) is 13.8 Å².